The Labute approximate surface area is 111 Å². The molecule has 0 aromatic carbocycles. The second-order valence-corrected chi connectivity index (χ2v) is 4.79. The second kappa shape index (κ2) is 7.96. The summed E-state index contributed by atoms with van der Waals surface area (Å²) in [6, 6.07) is 4.47. The molecule has 18 heavy (non-hydrogen) atoms. The van der Waals surface area contributed by atoms with Crippen LogP contribution >= 0.6 is 0 Å². The van der Waals surface area contributed by atoms with Crippen molar-refractivity contribution in [1.29, 1.82) is 0 Å². The second-order valence-electron chi connectivity index (χ2n) is 4.79. The number of hydrogen-bond acceptors (Lipinski definition) is 3. The summed E-state index contributed by atoms with van der Waals surface area (Å²) in [7, 11) is 0. The summed E-state index contributed by atoms with van der Waals surface area (Å²) in [6.45, 7) is 9.39. The Hall–Kier alpha value is -1.25. The third-order valence-electron chi connectivity index (χ3n) is 3.29. The molecule has 0 aliphatic heterocycles. The molecule has 3 nitrogen and oxygen atoms in total. The molecule has 0 amide bonds. The number of nitrogens with one attached hydrogen (secondary N) is 1. The molecule has 102 valence electrons. The van der Waals surface area contributed by atoms with E-state index >= 15 is 0 Å². The summed E-state index contributed by atoms with van der Waals surface area (Å²) in [5.74, 6) is 1.46. The Kier molecular flexibility index (Phi) is 6.55. The lowest BCUT2D eigenvalue weighted by atomic mass is 9.97. The van der Waals surface area contributed by atoms with Crippen molar-refractivity contribution in [2.45, 2.75) is 53.0 Å². The lowest BCUT2D eigenvalue weighted by Gasteiger charge is -2.22. The number of anilines is 1. The van der Waals surface area contributed by atoms with Gasteiger partial charge < -0.3 is 10.1 Å². The minimum atomic E-state index is 0.489. The molecule has 0 aliphatic rings. The smallest absolute Gasteiger partial charge is 0.237 e. The van der Waals surface area contributed by atoms with Gasteiger partial charge in [-0.2, -0.15) is 0 Å². The average molecular weight is 250 g/mol. The fraction of sp³-hybridized carbons (Fsp3) is 0.667. The van der Waals surface area contributed by atoms with Crippen LogP contribution in [0.1, 0.15) is 47.0 Å². The van der Waals surface area contributed by atoms with Crippen molar-refractivity contribution in [1.82, 2.24) is 4.98 Å². The van der Waals surface area contributed by atoms with E-state index in [-0.39, 0.29) is 0 Å². The Bertz CT molecular complexity index is 341. The first kappa shape index (κ1) is 14.8. The van der Waals surface area contributed by atoms with E-state index in [2.05, 4.69) is 31.1 Å². The molecule has 0 bridgehead atoms. The van der Waals surface area contributed by atoms with Gasteiger partial charge in [0.2, 0.25) is 5.88 Å². The zero-order valence-electron chi connectivity index (χ0n) is 12.1. The first-order chi connectivity index (χ1) is 8.71. The van der Waals surface area contributed by atoms with Gasteiger partial charge in [0.1, 0.15) is 0 Å². The van der Waals surface area contributed by atoms with Crippen LogP contribution in [0.4, 0.5) is 5.69 Å². The van der Waals surface area contributed by atoms with Gasteiger partial charge in [-0.3, -0.25) is 0 Å². The number of pyridine rings is 1. The summed E-state index contributed by atoms with van der Waals surface area (Å²) >= 11 is 0. The van der Waals surface area contributed by atoms with Crippen LogP contribution in [0.5, 0.6) is 5.88 Å². The Morgan fingerprint density at radius 2 is 2.06 bits per heavy atom. The Morgan fingerprint density at radius 1 is 1.28 bits per heavy atom. The van der Waals surface area contributed by atoms with Crippen LogP contribution in [0.3, 0.4) is 0 Å². The van der Waals surface area contributed by atoms with Crippen molar-refractivity contribution >= 4 is 5.69 Å². The van der Waals surface area contributed by atoms with Gasteiger partial charge >= 0.3 is 0 Å². The van der Waals surface area contributed by atoms with Gasteiger partial charge in [0.05, 0.1) is 12.3 Å². The fourth-order valence-corrected chi connectivity index (χ4v) is 1.95. The van der Waals surface area contributed by atoms with Crippen LogP contribution in [0.25, 0.3) is 0 Å². The van der Waals surface area contributed by atoms with Crippen LogP contribution in [-0.4, -0.2) is 17.6 Å². The third kappa shape index (κ3) is 4.55. The molecule has 0 radical (unpaired) electrons. The number of aromatic nitrogens is 1. The molecule has 0 aliphatic carbocycles. The van der Waals surface area contributed by atoms with E-state index in [1.807, 2.05) is 19.1 Å². The Balaban J connectivity index is 2.68. The van der Waals surface area contributed by atoms with E-state index in [1.165, 1.54) is 12.8 Å². The molecule has 0 saturated heterocycles. The van der Waals surface area contributed by atoms with Gasteiger partial charge in [-0.25, -0.2) is 4.98 Å². The molecular formula is C15H26N2O. The van der Waals surface area contributed by atoms with Crippen molar-refractivity contribution < 1.29 is 4.74 Å². The van der Waals surface area contributed by atoms with Crippen LogP contribution < -0.4 is 10.1 Å². The molecule has 1 aromatic heterocycles. The summed E-state index contributed by atoms with van der Waals surface area (Å²) in [6.07, 6.45) is 5.30. The highest BCUT2D eigenvalue weighted by atomic mass is 16.5. The van der Waals surface area contributed by atoms with Crippen molar-refractivity contribution in [3.8, 4) is 5.88 Å². The average Bonchev–Trinajstić information content (AvgIpc) is 2.40. The fourth-order valence-electron chi connectivity index (χ4n) is 1.95. The van der Waals surface area contributed by atoms with Gasteiger partial charge in [0.25, 0.3) is 0 Å². The summed E-state index contributed by atoms with van der Waals surface area (Å²) < 4.78 is 5.54. The molecular weight excluding hydrogens is 224 g/mol. The number of nitrogens with zero attached hydrogens (tertiary/aromatic N) is 1. The van der Waals surface area contributed by atoms with Gasteiger partial charge in [-0.15, -0.1) is 0 Å². The van der Waals surface area contributed by atoms with Crippen LogP contribution in [-0.2, 0) is 0 Å². The molecule has 0 saturated carbocycles. The van der Waals surface area contributed by atoms with Gasteiger partial charge in [0, 0.05) is 12.2 Å². The molecule has 1 rings (SSSR count). The van der Waals surface area contributed by atoms with E-state index < -0.39 is 0 Å². The van der Waals surface area contributed by atoms with Crippen LogP contribution in [0.15, 0.2) is 18.3 Å². The topological polar surface area (TPSA) is 34.1 Å². The van der Waals surface area contributed by atoms with E-state index in [1.54, 1.807) is 6.20 Å². The molecule has 2 unspecified atom stereocenters. The number of hydrogen-bond donors (Lipinski definition) is 1. The van der Waals surface area contributed by atoms with Crippen molar-refractivity contribution in [2.24, 2.45) is 5.92 Å². The number of ether oxygens (including phenoxy) is 1. The lowest BCUT2D eigenvalue weighted by Crippen LogP contribution is -2.21. The van der Waals surface area contributed by atoms with E-state index in [0.29, 0.717) is 18.5 Å². The standard InChI is InChI=1S/C15H26N2O/c1-5-12(4)11-13(6-2)17-14-9-8-10-16-15(14)18-7-3/h8-10,12-13,17H,5-7,11H2,1-4H3. The van der Waals surface area contributed by atoms with Gasteiger partial charge in [-0.05, 0) is 37.8 Å². The highest BCUT2D eigenvalue weighted by Gasteiger charge is 2.13. The Morgan fingerprint density at radius 3 is 2.67 bits per heavy atom. The van der Waals surface area contributed by atoms with Crippen LogP contribution in [0.2, 0.25) is 0 Å². The summed E-state index contributed by atoms with van der Waals surface area (Å²) in [5.41, 5.74) is 1.01. The minimum Gasteiger partial charge on any atom is -0.476 e. The molecule has 2 atom stereocenters. The highest BCUT2D eigenvalue weighted by Crippen LogP contribution is 2.24. The van der Waals surface area contributed by atoms with Crippen molar-refractivity contribution in [3.63, 3.8) is 0 Å². The van der Waals surface area contributed by atoms with Gasteiger partial charge in [-0.1, -0.05) is 27.2 Å². The maximum atomic E-state index is 5.54. The van der Waals surface area contributed by atoms with E-state index in [0.717, 1.165) is 18.0 Å². The maximum absolute atomic E-state index is 5.54. The lowest BCUT2D eigenvalue weighted by molar-refractivity contribution is 0.327. The molecule has 1 N–H and O–H groups in total. The minimum absolute atomic E-state index is 0.489. The summed E-state index contributed by atoms with van der Waals surface area (Å²) in [5, 5.41) is 3.56. The quantitative estimate of drug-likeness (QED) is 0.754. The molecule has 3 heteroatoms. The van der Waals surface area contributed by atoms with Crippen LogP contribution in [0, 0.1) is 5.92 Å². The predicted molar refractivity (Wildman–Crippen MR) is 77.2 cm³/mol. The van der Waals surface area contributed by atoms with E-state index in [4.69, 9.17) is 4.74 Å². The van der Waals surface area contributed by atoms with E-state index in [9.17, 15) is 0 Å². The largest absolute Gasteiger partial charge is 0.476 e. The molecule has 0 spiro atoms. The molecule has 1 aromatic rings. The highest BCUT2D eigenvalue weighted by molar-refractivity contribution is 5.52. The first-order valence-electron chi connectivity index (χ1n) is 7.05. The number of rotatable bonds is 8. The third-order valence-corrected chi connectivity index (χ3v) is 3.29. The predicted octanol–water partition coefficient (Wildman–Crippen LogP) is 4.11. The first-order valence-corrected chi connectivity index (χ1v) is 7.05. The van der Waals surface area contributed by atoms with Crippen molar-refractivity contribution in [2.75, 3.05) is 11.9 Å². The zero-order valence-corrected chi connectivity index (χ0v) is 12.1. The SMILES string of the molecule is CCOc1ncccc1NC(CC)CC(C)CC. The summed E-state index contributed by atoms with van der Waals surface area (Å²) in [4.78, 5) is 4.27. The maximum Gasteiger partial charge on any atom is 0.237 e. The monoisotopic (exact) mass is 250 g/mol. The normalized spacial score (nSPS) is 14.0. The molecule has 1 heterocycles. The molecule has 0 fully saturated rings. The zero-order chi connectivity index (χ0) is 13.4. The van der Waals surface area contributed by atoms with Gasteiger partial charge in [0.15, 0.2) is 0 Å². The van der Waals surface area contributed by atoms with Crippen molar-refractivity contribution in [3.05, 3.63) is 18.3 Å².